The Bertz CT molecular complexity index is 502. The Kier molecular flexibility index (Phi) is 2.33. The van der Waals surface area contributed by atoms with Crippen molar-refractivity contribution in [2.75, 3.05) is 7.11 Å². The summed E-state index contributed by atoms with van der Waals surface area (Å²) in [6.07, 6.45) is 1.70. The average Bonchev–Trinajstić information content (AvgIpc) is 2.57. The number of carbonyl (C=O) groups excluding carboxylic acids is 1. The van der Waals surface area contributed by atoms with Gasteiger partial charge in [0.05, 0.1) is 19.0 Å². The molecule has 0 aliphatic rings. The molecule has 0 aliphatic heterocycles. The Labute approximate surface area is 86.7 Å². The van der Waals surface area contributed by atoms with Crippen molar-refractivity contribution in [3.63, 3.8) is 0 Å². The quantitative estimate of drug-likeness (QED) is 0.598. The van der Waals surface area contributed by atoms with E-state index in [1.807, 2.05) is 18.2 Å². The van der Waals surface area contributed by atoms with Gasteiger partial charge in [-0.2, -0.15) is 4.73 Å². The maximum Gasteiger partial charge on any atom is 0.310 e. The smallest absolute Gasteiger partial charge is 0.310 e. The maximum absolute atomic E-state index is 11.1. The first-order chi connectivity index (χ1) is 7.22. The van der Waals surface area contributed by atoms with Crippen molar-refractivity contribution in [1.82, 2.24) is 4.73 Å². The molecule has 0 fully saturated rings. The second-order valence-corrected chi connectivity index (χ2v) is 3.27. The van der Waals surface area contributed by atoms with Crippen LogP contribution in [0.5, 0.6) is 0 Å². The van der Waals surface area contributed by atoms with Gasteiger partial charge < -0.3 is 9.94 Å². The molecule has 2 rings (SSSR count). The minimum absolute atomic E-state index is 0.171. The summed E-state index contributed by atoms with van der Waals surface area (Å²) >= 11 is 0. The highest BCUT2D eigenvalue weighted by atomic mass is 16.5. The van der Waals surface area contributed by atoms with Gasteiger partial charge in [-0.15, -0.1) is 0 Å². The highest BCUT2D eigenvalue weighted by molar-refractivity contribution is 5.87. The van der Waals surface area contributed by atoms with Crippen LogP contribution in [-0.4, -0.2) is 23.0 Å². The fraction of sp³-hybridized carbons (Fsp3) is 0.182. The fourth-order valence-electron chi connectivity index (χ4n) is 1.60. The topological polar surface area (TPSA) is 51.5 Å². The van der Waals surface area contributed by atoms with Gasteiger partial charge in [0.1, 0.15) is 0 Å². The first-order valence-electron chi connectivity index (χ1n) is 4.57. The van der Waals surface area contributed by atoms with E-state index in [0.717, 1.165) is 15.7 Å². The molecule has 15 heavy (non-hydrogen) atoms. The Morgan fingerprint density at radius 1 is 1.47 bits per heavy atom. The Hall–Kier alpha value is -1.97. The van der Waals surface area contributed by atoms with E-state index in [9.17, 15) is 10.0 Å². The van der Waals surface area contributed by atoms with Crippen molar-refractivity contribution in [3.05, 3.63) is 36.0 Å². The van der Waals surface area contributed by atoms with E-state index >= 15 is 0 Å². The van der Waals surface area contributed by atoms with Crippen LogP contribution >= 0.6 is 0 Å². The van der Waals surface area contributed by atoms with Crippen molar-refractivity contribution in [3.8, 4) is 0 Å². The van der Waals surface area contributed by atoms with Crippen molar-refractivity contribution < 1.29 is 14.7 Å². The first-order valence-corrected chi connectivity index (χ1v) is 4.57. The van der Waals surface area contributed by atoms with Gasteiger partial charge >= 0.3 is 5.97 Å². The van der Waals surface area contributed by atoms with Crippen LogP contribution in [0, 0.1) is 0 Å². The predicted octanol–water partition coefficient (Wildman–Crippen LogP) is 1.59. The average molecular weight is 205 g/mol. The molecular formula is C11H11NO3. The Morgan fingerprint density at radius 3 is 2.93 bits per heavy atom. The molecule has 0 radical (unpaired) electrons. The summed E-state index contributed by atoms with van der Waals surface area (Å²) in [6.45, 7) is 0. The number of rotatable bonds is 2. The summed E-state index contributed by atoms with van der Waals surface area (Å²) in [4.78, 5) is 11.1. The fourth-order valence-corrected chi connectivity index (χ4v) is 1.60. The van der Waals surface area contributed by atoms with Crippen LogP contribution in [0.15, 0.2) is 30.5 Å². The number of aromatic nitrogens is 1. The van der Waals surface area contributed by atoms with Gasteiger partial charge in [0.25, 0.3) is 0 Å². The third-order valence-electron chi connectivity index (χ3n) is 2.34. The monoisotopic (exact) mass is 205 g/mol. The van der Waals surface area contributed by atoms with E-state index in [0.29, 0.717) is 5.52 Å². The van der Waals surface area contributed by atoms with Crippen LogP contribution in [0.4, 0.5) is 0 Å². The molecule has 0 aliphatic carbocycles. The van der Waals surface area contributed by atoms with E-state index < -0.39 is 0 Å². The van der Waals surface area contributed by atoms with Gasteiger partial charge in [0.15, 0.2) is 0 Å². The number of esters is 1. The molecule has 1 aromatic carbocycles. The molecule has 4 nitrogen and oxygen atoms in total. The lowest BCUT2D eigenvalue weighted by molar-refractivity contribution is -0.139. The van der Waals surface area contributed by atoms with E-state index in [-0.39, 0.29) is 12.4 Å². The molecule has 0 bridgehead atoms. The number of hydrogen-bond donors (Lipinski definition) is 1. The molecular weight excluding hydrogens is 194 g/mol. The maximum atomic E-state index is 11.1. The summed E-state index contributed by atoms with van der Waals surface area (Å²) < 4.78 is 5.60. The Balaban J connectivity index is 2.48. The third-order valence-corrected chi connectivity index (χ3v) is 2.34. The van der Waals surface area contributed by atoms with E-state index in [2.05, 4.69) is 4.74 Å². The summed E-state index contributed by atoms with van der Waals surface area (Å²) in [6, 6.07) is 7.34. The molecule has 1 aromatic heterocycles. The van der Waals surface area contributed by atoms with Crippen LogP contribution < -0.4 is 0 Å². The zero-order chi connectivity index (χ0) is 10.8. The largest absolute Gasteiger partial charge is 0.469 e. The summed E-state index contributed by atoms with van der Waals surface area (Å²) in [7, 11) is 1.35. The highest BCUT2D eigenvalue weighted by Crippen LogP contribution is 2.20. The van der Waals surface area contributed by atoms with Gasteiger partial charge in [-0.1, -0.05) is 18.2 Å². The number of para-hydroxylation sites is 1. The van der Waals surface area contributed by atoms with Gasteiger partial charge in [0.2, 0.25) is 0 Å². The van der Waals surface area contributed by atoms with Crippen LogP contribution in [0.3, 0.4) is 0 Å². The zero-order valence-electron chi connectivity index (χ0n) is 8.30. The molecule has 0 spiro atoms. The number of nitrogens with zero attached hydrogens (tertiary/aromatic N) is 1. The lowest BCUT2D eigenvalue weighted by atomic mass is 10.1. The highest BCUT2D eigenvalue weighted by Gasteiger charge is 2.10. The Morgan fingerprint density at radius 2 is 2.20 bits per heavy atom. The number of ether oxygens (including phenoxy) is 1. The number of hydrogen-bond acceptors (Lipinski definition) is 3. The van der Waals surface area contributed by atoms with Crippen LogP contribution in [0.1, 0.15) is 5.56 Å². The molecule has 0 amide bonds. The third kappa shape index (κ3) is 1.66. The van der Waals surface area contributed by atoms with E-state index in [1.165, 1.54) is 13.3 Å². The number of methoxy groups -OCH3 is 1. The molecule has 78 valence electrons. The number of fused-ring (bicyclic) bond motifs is 1. The van der Waals surface area contributed by atoms with Gasteiger partial charge in [-0.3, -0.25) is 4.79 Å². The molecule has 0 saturated carbocycles. The van der Waals surface area contributed by atoms with E-state index in [4.69, 9.17) is 0 Å². The van der Waals surface area contributed by atoms with Crippen molar-refractivity contribution in [1.29, 1.82) is 0 Å². The van der Waals surface area contributed by atoms with Crippen molar-refractivity contribution in [2.24, 2.45) is 0 Å². The lowest BCUT2D eigenvalue weighted by Crippen LogP contribution is -2.03. The predicted molar refractivity (Wildman–Crippen MR) is 54.8 cm³/mol. The van der Waals surface area contributed by atoms with Gasteiger partial charge in [0, 0.05) is 11.6 Å². The van der Waals surface area contributed by atoms with Gasteiger partial charge in [-0.25, -0.2) is 0 Å². The number of carbonyl (C=O) groups is 1. The lowest BCUT2D eigenvalue weighted by Gasteiger charge is -1.96. The SMILES string of the molecule is COC(=O)Cc1cn(O)c2ccccc12. The first kappa shape index (κ1) is 9.58. The second-order valence-electron chi connectivity index (χ2n) is 3.27. The zero-order valence-corrected chi connectivity index (χ0v) is 8.30. The molecule has 0 unspecified atom stereocenters. The van der Waals surface area contributed by atoms with Crippen LogP contribution in [0.2, 0.25) is 0 Å². The molecule has 1 N–H and O–H groups in total. The standard InChI is InChI=1S/C11H11NO3/c1-15-11(13)6-8-7-12(14)10-5-3-2-4-9(8)10/h2-5,7,14H,6H2,1H3. The van der Waals surface area contributed by atoms with Crippen LogP contribution in [0.25, 0.3) is 10.9 Å². The summed E-state index contributed by atoms with van der Waals surface area (Å²) in [5.41, 5.74) is 1.45. The molecule has 0 saturated heterocycles. The van der Waals surface area contributed by atoms with Crippen LogP contribution in [-0.2, 0) is 16.0 Å². The summed E-state index contributed by atoms with van der Waals surface area (Å²) in [5, 5.41) is 10.4. The van der Waals surface area contributed by atoms with E-state index in [1.54, 1.807) is 6.07 Å². The second kappa shape index (κ2) is 3.65. The molecule has 2 aromatic rings. The normalized spacial score (nSPS) is 10.5. The molecule has 0 atom stereocenters. The summed E-state index contributed by atoms with van der Waals surface area (Å²) in [5.74, 6) is -0.314. The minimum Gasteiger partial charge on any atom is -0.469 e. The van der Waals surface area contributed by atoms with Crippen molar-refractivity contribution in [2.45, 2.75) is 6.42 Å². The van der Waals surface area contributed by atoms with Gasteiger partial charge in [-0.05, 0) is 11.6 Å². The minimum atomic E-state index is -0.314. The molecule has 1 heterocycles. The van der Waals surface area contributed by atoms with Crippen molar-refractivity contribution >= 4 is 16.9 Å². The molecule has 4 heteroatoms. The number of benzene rings is 1.